The lowest BCUT2D eigenvalue weighted by Crippen LogP contribution is -2.08. The van der Waals surface area contributed by atoms with Crippen LogP contribution in [0.25, 0.3) is 11.3 Å². The molecule has 3 nitrogen and oxygen atoms in total. The fourth-order valence-corrected chi connectivity index (χ4v) is 1.96. The SMILES string of the molecule is CN(C)C1=CC(=C(C#N)C#N)c2ccccc21. The van der Waals surface area contributed by atoms with Gasteiger partial charge in [-0.15, -0.1) is 0 Å². The van der Waals surface area contributed by atoms with E-state index in [4.69, 9.17) is 10.5 Å². The summed E-state index contributed by atoms with van der Waals surface area (Å²) in [5, 5.41) is 17.9. The van der Waals surface area contributed by atoms with E-state index in [0.29, 0.717) is 5.57 Å². The Kier molecular flexibility index (Phi) is 2.68. The second-order valence-electron chi connectivity index (χ2n) is 3.98. The number of allylic oxidation sites excluding steroid dienone is 3. The quantitative estimate of drug-likeness (QED) is 0.684. The molecule has 0 bridgehead atoms. The largest absolute Gasteiger partial charge is 0.377 e. The zero-order chi connectivity index (χ0) is 12.4. The molecule has 0 amide bonds. The highest BCUT2D eigenvalue weighted by Gasteiger charge is 2.21. The Bertz CT molecular complexity index is 591. The molecule has 0 saturated carbocycles. The molecule has 0 aliphatic heterocycles. The van der Waals surface area contributed by atoms with Crippen molar-refractivity contribution in [2.45, 2.75) is 0 Å². The number of fused-ring (bicyclic) bond motifs is 1. The summed E-state index contributed by atoms with van der Waals surface area (Å²) in [7, 11) is 3.90. The summed E-state index contributed by atoms with van der Waals surface area (Å²) in [5.41, 5.74) is 3.92. The summed E-state index contributed by atoms with van der Waals surface area (Å²) in [6, 6.07) is 11.7. The third-order valence-electron chi connectivity index (χ3n) is 2.75. The normalized spacial score (nSPS) is 12.2. The predicted octanol–water partition coefficient (Wildman–Crippen LogP) is 2.40. The highest BCUT2D eigenvalue weighted by molar-refractivity contribution is 5.98. The van der Waals surface area contributed by atoms with E-state index in [1.165, 1.54) is 0 Å². The molecule has 0 heterocycles. The van der Waals surface area contributed by atoms with E-state index in [1.807, 2.05) is 61.5 Å². The lowest BCUT2D eigenvalue weighted by molar-refractivity contribution is 0.593. The second kappa shape index (κ2) is 4.15. The topological polar surface area (TPSA) is 50.8 Å². The van der Waals surface area contributed by atoms with Crippen molar-refractivity contribution in [3.8, 4) is 12.1 Å². The molecular formula is C14H11N3. The van der Waals surface area contributed by atoms with Gasteiger partial charge in [-0.2, -0.15) is 10.5 Å². The van der Waals surface area contributed by atoms with Gasteiger partial charge in [-0.3, -0.25) is 0 Å². The van der Waals surface area contributed by atoms with E-state index in [2.05, 4.69) is 0 Å². The van der Waals surface area contributed by atoms with Crippen molar-refractivity contribution in [2.24, 2.45) is 0 Å². The van der Waals surface area contributed by atoms with Gasteiger partial charge in [0, 0.05) is 30.9 Å². The molecule has 0 aromatic heterocycles. The number of hydrogen-bond acceptors (Lipinski definition) is 3. The summed E-state index contributed by atoms with van der Waals surface area (Å²) in [6.45, 7) is 0. The summed E-state index contributed by atoms with van der Waals surface area (Å²) < 4.78 is 0. The highest BCUT2D eigenvalue weighted by atomic mass is 15.1. The van der Waals surface area contributed by atoms with Crippen LogP contribution in [0.15, 0.2) is 35.9 Å². The van der Waals surface area contributed by atoms with Crippen LogP contribution >= 0.6 is 0 Å². The molecule has 1 aliphatic rings. The Labute approximate surface area is 101 Å². The first kappa shape index (κ1) is 11.0. The molecule has 0 fully saturated rings. The van der Waals surface area contributed by atoms with Crippen molar-refractivity contribution in [1.29, 1.82) is 10.5 Å². The number of nitriles is 2. The fourth-order valence-electron chi connectivity index (χ4n) is 1.96. The van der Waals surface area contributed by atoms with E-state index in [0.717, 1.165) is 16.8 Å². The second-order valence-corrected chi connectivity index (χ2v) is 3.98. The van der Waals surface area contributed by atoms with Crippen LogP contribution in [0.3, 0.4) is 0 Å². The smallest absolute Gasteiger partial charge is 0.137 e. The van der Waals surface area contributed by atoms with Crippen LogP contribution in [0.1, 0.15) is 11.1 Å². The summed E-state index contributed by atoms with van der Waals surface area (Å²) in [5.74, 6) is 0. The van der Waals surface area contributed by atoms with Gasteiger partial charge >= 0.3 is 0 Å². The lowest BCUT2D eigenvalue weighted by Gasteiger charge is -2.14. The van der Waals surface area contributed by atoms with E-state index in [1.54, 1.807) is 0 Å². The van der Waals surface area contributed by atoms with Gasteiger partial charge in [-0.05, 0) is 11.6 Å². The van der Waals surface area contributed by atoms with Crippen molar-refractivity contribution < 1.29 is 0 Å². The van der Waals surface area contributed by atoms with Crippen molar-refractivity contribution >= 4 is 11.3 Å². The molecule has 0 atom stereocenters. The van der Waals surface area contributed by atoms with Gasteiger partial charge in [0.05, 0.1) is 0 Å². The monoisotopic (exact) mass is 221 g/mol. The third-order valence-corrected chi connectivity index (χ3v) is 2.75. The van der Waals surface area contributed by atoms with Crippen molar-refractivity contribution in [3.05, 3.63) is 47.0 Å². The molecule has 2 rings (SSSR count). The predicted molar refractivity (Wildman–Crippen MR) is 66.3 cm³/mol. The zero-order valence-electron chi connectivity index (χ0n) is 9.73. The van der Waals surface area contributed by atoms with Crippen LogP contribution in [-0.2, 0) is 0 Å². The highest BCUT2D eigenvalue weighted by Crippen LogP contribution is 2.37. The third kappa shape index (κ3) is 1.68. The van der Waals surface area contributed by atoms with Crippen LogP contribution in [0.2, 0.25) is 0 Å². The minimum atomic E-state index is 0.161. The molecule has 1 aromatic rings. The van der Waals surface area contributed by atoms with Crippen LogP contribution < -0.4 is 0 Å². The van der Waals surface area contributed by atoms with Crippen LogP contribution in [0, 0.1) is 22.7 Å². The maximum atomic E-state index is 8.96. The first-order chi connectivity index (χ1) is 8.19. The Hall–Kier alpha value is -2.52. The summed E-state index contributed by atoms with van der Waals surface area (Å²) >= 11 is 0. The molecule has 0 radical (unpaired) electrons. The molecule has 82 valence electrons. The number of rotatable bonds is 1. The molecule has 3 heteroatoms. The van der Waals surface area contributed by atoms with E-state index in [9.17, 15) is 0 Å². The van der Waals surface area contributed by atoms with Crippen molar-refractivity contribution in [1.82, 2.24) is 4.90 Å². The first-order valence-corrected chi connectivity index (χ1v) is 5.22. The minimum Gasteiger partial charge on any atom is -0.377 e. The van der Waals surface area contributed by atoms with E-state index in [-0.39, 0.29) is 5.57 Å². The molecule has 0 N–H and O–H groups in total. The van der Waals surface area contributed by atoms with Crippen molar-refractivity contribution in [3.63, 3.8) is 0 Å². The molecule has 1 aromatic carbocycles. The molecular weight excluding hydrogens is 210 g/mol. The van der Waals surface area contributed by atoms with Gasteiger partial charge in [-0.25, -0.2) is 0 Å². The molecule has 0 spiro atoms. The molecule has 0 saturated heterocycles. The number of benzene rings is 1. The number of nitrogens with zero attached hydrogens (tertiary/aromatic N) is 3. The Morgan fingerprint density at radius 3 is 2.18 bits per heavy atom. The Balaban J connectivity index is 2.73. The molecule has 0 unspecified atom stereocenters. The molecule has 1 aliphatic carbocycles. The Morgan fingerprint density at radius 2 is 1.65 bits per heavy atom. The van der Waals surface area contributed by atoms with Gasteiger partial charge in [0.2, 0.25) is 0 Å². The van der Waals surface area contributed by atoms with Crippen LogP contribution in [0.4, 0.5) is 0 Å². The van der Waals surface area contributed by atoms with Crippen molar-refractivity contribution in [2.75, 3.05) is 14.1 Å². The van der Waals surface area contributed by atoms with E-state index < -0.39 is 0 Å². The summed E-state index contributed by atoms with van der Waals surface area (Å²) in [6.07, 6.45) is 1.90. The van der Waals surface area contributed by atoms with Crippen LogP contribution in [-0.4, -0.2) is 19.0 Å². The maximum Gasteiger partial charge on any atom is 0.137 e. The van der Waals surface area contributed by atoms with Gasteiger partial charge in [-0.1, -0.05) is 24.3 Å². The molecule has 17 heavy (non-hydrogen) atoms. The van der Waals surface area contributed by atoms with Gasteiger partial charge in [0.15, 0.2) is 0 Å². The maximum absolute atomic E-state index is 8.96. The average Bonchev–Trinajstić information content (AvgIpc) is 2.71. The average molecular weight is 221 g/mol. The van der Waals surface area contributed by atoms with Gasteiger partial charge in [0.1, 0.15) is 17.7 Å². The van der Waals surface area contributed by atoms with Crippen LogP contribution in [0.5, 0.6) is 0 Å². The van der Waals surface area contributed by atoms with E-state index >= 15 is 0 Å². The van der Waals surface area contributed by atoms with Gasteiger partial charge < -0.3 is 4.90 Å². The first-order valence-electron chi connectivity index (χ1n) is 5.22. The zero-order valence-corrected chi connectivity index (χ0v) is 9.73. The number of hydrogen-bond donors (Lipinski definition) is 0. The lowest BCUT2D eigenvalue weighted by atomic mass is 10.0. The minimum absolute atomic E-state index is 0.161. The van der Waals surface area contributed by atoms with Gasteiger partial charge in [0.25, 0.3) is 0 Å². The fraction of sp³-hybridized carbons (Fsp3) is 0.143. The summed E-state index contributed by atoms with van der Waals surface area (Å²) in [4.78, 5) is 1.98. The Morgan fingerprint density at radius 1 is 1.06 bits per heavy atom. The standard InChI is InChI=1S/C14H11N3/c1-17(2)14-7-13(10(8-15)9-16)11-5-3-4-6-12(11)14/h3-7H,1-2H3.